The molecule has 68 valence electrons. The second kappa shape index (κ2) is 8.41. The standard InChI is InChI=1S/C9H21NS/c1-4-9(10-2)7-5-6-8-11-3/h9-10H,4-8H2,1-3H3. The fourth-order valence-corrected chi connectivity index (χ4v) is 1.68. The molecule has 0 aliphatic rings. The van der Waals surface area contributed by atoms with E-state index in [1.807, 2.05) is 11.8 Å². The van der Waals surface area contributed by atoms with Crippen molar-refractivity contribution in [1.82, 2.24) is 5.32 Å². The van der Waals surface area contributed by atoms with Crippen LogP contribution in [0.4, 0.5) is 0 Å². The molecular weight excluding hydrogens is 154 g/mol. The van der Waals surface area contributed by atoms with E-state index in [1.165, 1.54) is 31.4 Å². The quantitative estimate of drug-likeness (QED) is 0.597. The van der Waals surface area contributed by atoms with Gasteiger partial charge in [0.05, 0.1) is 0 Å². The largest absolute Gasteiger partial charge is 0.317 e. The summed E-state index contributed by atoms with van der Waals surface area (Å²) in [5, 5.41) is 3.32. The number of rotatable bonds is 7. The molecule has 1 atom stereocenters. The van der Waals surface area contributed by atoms with Crippen LogP contribution >= 0.6 is 11.8 Å². The summed E-state index contributed by atoms with van der Waals surface area (Å²) in [6.45, 7) is 2.25. The maximum absolute atomic E-state index is 3.32. The Kier molecular flexibility index (Phi) is 8.64. The van der Waals surface area contributed by atoms with E-state index in [-0.39, 0.29) is 0 Å². The van der Waals surface area contributed by atoms with Crippen LogP contribution in [-0.2, 0) is 0 Å². The van der Waals surface area contributed by atoms with Gasteiger partial charge in [-0.2, -0.15) is 11.8 Å². The molecule has 0 aliphatic heterocycles. The molecule has 2 heteroatoms. The van der Waals surface area contributed by atoms with Crippen LogP contribution in [0, 0.1) is 0 Å². The normalized spacial score (nSPS) is 13.4. The van der Waals surface area contributed by atoms with E-state index >= 15 is 0 Å². The van der Waals surface area contributed by atoms with Crippen LogP contribution in [0.25, 0.3) is 0 Å². The summed E-state index contributed by atoms with van der Waals surface area (Å²) in [7, 11) is 2.06. The Labute approximate surface area is 75.3 Å². The lowest BCUT2D eigenvalue weighted by atomic mass is 10.1. The monoisotopic (exact) mass is 175 g/mol. The Morgan fingerprint density at radius 2 is 2.09 bits per heavy atom. The van der Waals surface area contributed by atoms with Gasteiger partial charge in [-0.25, -0.2) is 0 Å². The van der Waals surface area contributed by atoms with Gasteiger partial charge in [0.2, 0.25) is 0 Å². The molecule has 0 saturated heterocycles. The van der Waals surface area contributed by atoms with E-state index < -0.39 is 0 Å². The minimum Gasteiger partial charge on any atom is -0.317 e. The Balaban J connectivity index is 3.07. The van der Waals surface area contributed by atoms with Gasteiger partial charge in [-0.1, -0.05) is 13.3 Å². The van der Waals surface area contributed by atoms with E-state index in [2.05, 4.69) is 25.5 Å². The van der Waals surface area contributed by atoms with Gasteiger partial charge in [0, 0.05) is 6.04 Å². The first-order chi connectivity index (χ1) is 5.35. The molecule has 0 radical (unpaired) electrons. The third kappa shape index (κ3) is 6.70. The fraction of sp³-hybridized carbons (Fsp3) is 1.00. The predicted molar refractivity (Wildman–Crippen MR) is 55.4 cm³/mol. The van der Waals surface area contributed by atoms with Crippen molar-refractivity contribution < 1.29 is 0 Å². The second-order valence-corrected chi connectivity index (χ2v) is 3.87. The molecule has 0 saturated carbocycles. The molecule has 0 fully saturated rings. The van der Waals surface area contributed by atoms with Gasteiger partial charge in [0.15, 0.2) is 0 Å². The van der Waals surface area contributed by atoms with Crippen LogP contribution in [0.15, 0.2) is 0 Å². The van der Waals surface area contributed by atoms with Crippen LogP contribution in [0.5, 0.6) is 0 Å². The highest BCUT2D eigenvalue weighted by atomic mass is 32.2. The summed E-state index contributed by atoms with van der Waals surface area (Å²) in [5.41, 5.74) is 0. The zero-order valence-electron chi connectivity index (χ0n) is 8.02. The highest BCUT2D eigenvalue weighted by molar-refractivity contribution is 7.98. The van der Waals surface area contributed by atoms with Gasteiger partial charge in [0.1, 0.15) is 0 Å². The first kappa shape index (κ1) is 11.3. The van der Waals surface area contributed by atoms with Crippen molar-refractivity contribution in [1.29, 1.82) is 0 Å². The molecule has 0 aromatic heterocycles. The lowest BCUT2D eigenvalue weighted by Crippen LogP contribution is -2.23. The average Bonchev–Trinajstić information content (AvgIpc) is 2.05. The van der Waals surface area contributed by atoms with E-state index in [0.717, 1.165) is 6.04 Å². The van der Waals surface area contributed by atoms with Crippen molar-refractivity contribution in [3.8, 4) is 0 Å². The average molecular weight is 175 g/mol. The van der Waals surface area contributed by atoms with Crippen LogP contribution < -0.4 is 5.32 Å². The number of hydrogen-bond donors (Lipinski definition) is 1. The number of thioether (sulfide) groups is 1. The molecule has 1 nitrogen and oxygen atoms in total. The first-order valence-electron chi connectivity index (χ1n) is 4.51. The smallest absolute Gasteiger partial charge is 0.00614 e. The Morgan fingerprint density at radius 1 is 1.36 bits per heavy atom. The molecule has 0 rings (SSSR count). The fourth-order valence-electron chi connectivity index (χ4n) is 1.19. The zero-order valence-corrected chi connectivity index (χ0v) is 8.84. The Bertz CT molecular complexity index is 72.0. The van der Waals surface area contributed by atoms with Gasteiger partial charge < -0.3 is 5.32 Å². The zero-order chi connectivity index (χ0) is 8.53. The lowest BCUT2D eigenvalue weighted by molar-refractivity contribution is 0.489. The minimum atomic E-state index is 0.747. The summed E-state index contributed by atoms with van der Waals surface area (Å²) in [5.74, 6) is 1.32. The van der Waals surface area contributed by atoms with Crippen molar-refractivity contribution in [2.24, 2.45) is 0 Å². The number of unbranched alkanes of at least 4 members (excludes halogenated alkanes) is 1. The number of hydrogen-bond acceptors (Lipinski definition) is 2. The second-order valence-electron chi connectivity index (χ2n) is 2.88. The van der Waals surface area contributed by atoms with Crippen LogP contribution in [-0.4, -0.2) is 25.1 Å². The van der Waals surface area contributed by atoms with Gasteiger partial charge in [-0.3, -0.25) is 0 Å². The van der Waals surface area contributed by atoms with Gasteiger partial charge in [-0.05, 0) is 38.3 Å². The van der Waals surface area contributed by atoms with Crippen molar-refractivity contribution in [3.63, 3.8) is 0 Å². The molecule has 0 aromatic carbocycles. The summed E-state index contributed by atoms with van der Waals surface area (Å²) < 4.78 is 0. The molecule has 0 bridgehead atoms. The molecule has 1 N–H and O–H groups in total. The van der Waals surface area contributed by atoms with Crippen molar-refractivity contribution in [2.75, 3.05) is 19.1 Å². The number of nitrogens with one attached hydrogen (secondary N) is 1. The van der Waals surface area contributed by atoms with Crippen LogP contribution in [0.3, 0.4) is 0 Å². The van der Waals surface area contributed by atoms with E-state index in [1.54, 1.807) is 0 Å². The van der Waals surface area contributed by atoms with E-state index in [9.17, 15) is 0 Å². The maximum atomic E-state index is 3.32. The van der Waals surface area contributed by atoms with Crippen LogP contribution in [0.1, 0.15) is 32.6 Å². The van der Waals surface area contributed by atoms with Crippen molar-refractivity contribution >= 4 is 11.8 Å². The van der Waals surface area contributed by atoms with Gasteiger partial charge >= 0.3 is 0 Å². The summed E-state index contributed by atoms with van der Waals surface area (Å²) in [4.78, 5) is 0. The molecule has 11 heavy (non-hydrogen) atoms. The first-order valence-corrected chi connectivity index (χ1v) is 5.90. The minimum absolute atomic E-state index is 0.747. The van der Waals surface area contributed by atoms with Gasteiger partial charge in [0.25, 0.3) is 0 Å². The van der Waals surface area contributed by atoms with E-state index in [4.69, 9.17) is 0 Å². The lowest BCUT2D eigenvalue weighted by Gasteiger charge is -2.12. The van der Waals surface area contributed by atoms with Crippen molar-refractivity contribution in [3.05, 3.63) is 0 Å². The summed E-state index contributed by atoms with van der Waals surface area (Å²) in [6, 6.07) is 0.747. The molecule has 1 unspecified atom stereocenters. The highest BCUT2D eigenvalue weighted by Gasteiger charge is 2.00. The molecular formula is C9H21NS. The summed E-state index contributed by atoms with van der Waals surface area (Å²) >= 11 is 1.95. The molecule has 0 heterocycles. The summed E-state index contributed by atoms with van der Waals surface area (Å²) in [6.07, 6.45) is 7.53. The van der Waals surface area contributed by atoms with Crippen molar-refractivity contribution in [2.45, 2.75) is 38.6 Å². The Hall–Kier alpha value is 0.310. The molecule has 0 spiro atoms. The molecule has 0 aromatic rings. The third-order valence-corrected chi connectivity index (χ3v) is 2.75. The van der Waals surface area contributed by atoms with Gasteiger partial charge in [-0.15, -0.1) is 0 Å². The maximum Gasteiger partial charge on any atom is 0.00614 e. The SMILES string of the molecule is CCC(CCCCSC)NC. The predicted octanol–water partition coefficient (Wildman–Crippen LogP) is 2.52. The molecule has 0 amide bonds. The topological polar surface area (TPSA) is 12.0 Å². The van der Waals surface area contributed by atoms with E-state index in [0.29, 0.717) is 0 Å². The highest BCUT2D eigenvalue weighted by Crippen LogP contribution is 2.06. The molecule has 0 aliphatic carbocycles. The van der Waals surface area contributed by atoms with Crippen LogP contribution in [0.2, 0.25) is 0 Å². The Morgan fingerprint density at radius 3 is 2.55 bits per heavy atom. The third-order valence-electron chi connectivity index (χ3n) is 2.05.